The van der Waals surface area contributed by atoms with Gasteiger partial charge in [-0.05, 0) is 49.7 Å². The van der Waals surface area contributed by atoms with Crippen molar-refractivity contribution in [3.05, 3.63) is 58.2 Å². The lowest BCUT2D eigenvalue weighted by atomic mass is 10.1. The van der Waals surface area contributed by atoms with E-state index in [1.54, 1.807) is 29.1 Å². The largest absolute Gasteiger partial charge is 0.508 e. The van der Waals surface area contributed by atoms with Crippen molar-refractivity contribution in [3.63, 3.8) is 0 Å². The Morgan fingerprint density at radius 2 is 2.14 bits per heavy atom. The van der Waals surface area contributed by atoms with Crippen LogP contribution < -0.4 is 14.9 Å². The molecule has 0 aliphatic carbocycles. The van der Waals surface area contributed by atoms with E-state index in [2.05, 4.69) is 15.4 Å². The van der Waals surface area contributed by atoms with E-state index in [4.69, 9.17) is 4.74 Å². The number of aromatic hydroxyl groups is 1. The Hall–Kier alpha value is -3.39. The number of hydrogen-bond acceptors (Lipinski definition) is 6. The smallest absolute Gasteiger partial charge is 0.262 e. The van der Waals surface area contributed by atoms with Crippen LogP contribution in [0.1, 0.15) is 19.4 Å². The van der Waals surface area contributed by atoms with E-state index >= 15 is 0 Å². The first kappa shape index (κ1) is 18.9. The summed E-state index contributed by atoms with van der Waals surface area (Å²) in [4.78, 5) is 17.1. The van der Waals surface area contributed by atoms with E-state index in [-0.39, 0.29) is 24.3 Å². The number of carbonyl (C=O) groups is 1. The highest BCUT2D eigenvalue weighted by atomic mass is 32.1. The number of hydrogen-bond donors (Lipinski definition) is 2. The van der Waals surface area contributed by atoms with Crippen LogP contribution in [0.3, 0.4) is 0 Å². The Kier molecular flexibility index (Phi) is 5.18. The molecule has 29 heavy (non-hydrogen) atoms. The summed E-state index contributed by atoms with van der Waals surface area (Å²) in [5.41, 5.74) is 3.13. The van der Waals surface area contributed by atoms with Gasteiger partial charge >= 0.3 is 0 Å². The normalized spacial score (nSPS) is 14.2. The number of anilines is 1. The van der Waals surface area contributed by atoms with Gasteiger partial charge in [0, 0.05) is 17.0 Å². The summed E-state index contributed by atoms with van der Waals surface area (Å²) >= 11 is 1.49. The molecule has 0 saturated heterocycles. The van der Waals surface area contributed by atoms with Gasteiger partial charge in [0.05, 0.1) is 17.6 Å². The lowest BCUT2D eigenvalue weighted by molar-refractivity contribution is -0.118. The molecule has 2 heterocycles. The first-order valence-electron chi connectivity index (χ1n) is 9.14. The van der Waals surface area contributed by atoms with E-state index in [0.717, 1.165) is 21.6 Å². The lowest BCUT2D eigenvalue weighted by Gasteiger charge is -2.18. The maximum atomic E-state index is 11.7. The van der Waals surface area contributed by atoms with Gasteiger partial charge < -0.3 is 15.2 Å². The highest BCUT2D eigenvalue weighted by molar-refractivity contribution is 7.07. The van der Waals surface area contributed by atoms with Gasteiger partial charge in [-0.3, -0.25) is 9.79 Å². The van der Waals surface area contributed by atoms with Gasteiger partial charge in [0.2, 0.25) is 4.80 Å². The second kappa shape index (κ2) is 7.92. The Morgan fingerprint density at radius 1 is 1.28 bits per heavy atom. The maximum Gasteiger partial charge on any atom is 0.262 e. The van der Waals surface area contributed by atoms with Crippen LogP contribution in [0.5, 0.6) is 11.5 Å². The first-order valence-corrected chi connectivity index (χ1v) is 10.0. The number of benzene rings is 2. The zero-order valence-corrected chi connectivity index (χ0v) is 16.8. The van der Waals surface area contributed by atoms with Crippen molar-refractivity contribution in [3.8, 4) is 22.8 Å². The minimum atomic E-state index is -0.176. The molecule has 148 valence electrons. The molecule has 0 fully saturated rings. The van der Waals surface area contributed by atoms with Gasteiger partial charge in [-0.25, -0.2) is 4.68 Å². The monoisotopic (exact) mass is 408 g/mol. The molecule has 2 aromatic carbocycles. The third-order valence-corrected chi connectivity index (χ3v) is 4.98. The zero-order chi connectivity index (χ0) is 20.4. The molecule has 0 bridgehead atoms. The average molecular weight is 408 g/mol. The Morgan fingerprint density at radius 3 is 2.93 bits per heavy atom. The number of phenolic OH excluding ortho intramolecular Hbond substituents is 1. The quantitative estimate of drug-likeness (QED) is 0.648. The van der Waals surface area contributed by atoms with E-state index in [0.29, 0.717) is 11.4 Å². The predicted molar refractivity (Wildman–Crippen MR) is 114 cm³/mol. The molecule has 0 atom stereocenters. The van der Waals surface area contributed by atoms with Crippen LogP contribution in [-0.2, 0) is 4.79 Å². The van der Waals surface area contributed by atoms with Crippen LogP contribution in [0.25, 0.3) is 11.3 Å². The molecule has 0 unspecified atom stereocenters. The molecule has 1 aliphatic heterocycles. The van der Waals surface area contributed by atoms with E-state index in [1.165, 1.54) is 11.3 Å². The second-order valence-corrected chi connectivity index (χ2v) is 7.66. The van der Waals surface area contributed by atoms with Crippen molar-refractivity contribution in [2.45, 2.75) is 19.9 Å². The predicted octanol–water partition coefficient (Wildman–Crippen LogP) is 3.44. The summed E-state index contributed by atoms with van der Waals surface area (Å²) in [6.07, 6.45) is 1.68. The van der Waals surface area contributed by atoms with Crippen LogP contribution in [0.2, 0.25) is 0 Å². The zero-order valence-electron chi connectivity index (χ0n) is 16.0. The van der Waals surface area contributed by atoms with Crippen LogP contribution >= 0.6 is 11.3 Å². The summed E-state index contributed by atoms with van der Waals surface area (Å²) in [6.45, 7) is 4.04. The number of nitrogens with zero attached hydrogens (tertiary/aromatic N) is 3. The van der Waals surface area contributed by atoms with Crippen molar-refractivity contribution < 1.29 is 14.6 Å². The molecule has 0 saturated carbocycles. The van der Waals surface area contributed by atoms with Crippen molar-refractivity contribution in [1.82, 2.24) is 4.68 Å². The van der Waals surface area contributed by atoms with Crippen LogP contribution in [0, 0.1) is 0 Å². The molecule has 1 amide bonds. The topological polar surface area (TPSA) is 88.2 Å². The molecule has 0 radical (unpaired) electrons. The highest BCUT2D eigenvalue weighted by Gasteiger charge is 2.17. The average Bonchev–Trinajstić information content (AvgIpc) is 3.07. The Labute approximate surface area is 171 Å². The minimum Gasteiger partial charge on any atom is -0.508 e. The summed E-state index contributed by atoms with van der Waals surface area (Å²) < 4.78 is 7.21. The van der Waals surface area contributed by atoms with Crippen molar-refractivity contribution in [1.29, 1.82) is 0 Å². The van der Waals surface area contributed by atoms with Gasteiger partial charge in [0.15, 0.2) is 6.61 Å². The summed E-state index contributed by atoms with van der Waals surface area (Å²) in [5.74, 6) is 0.651. The van der Waals surface area contributed by atoms with Gasteiger partial charge in [0.1, 0.15) is 11.5 Å². The van der Waals surface area contributed by atoms with E-state index in [1.807, 2.05) is 43.5 Å². The molecule has 2 N–H and O–H groups in total. The first-order chi connectivity index (χ1) is 14.0. The number of rotatable bonds is 4. The molecule has 1 aliphatic rings. The number of thiazole rings is 1. The second-order valence-electron chi connectivity index (χ2n) is 6.83. The van der Waals surface area contributed by atoms with Crippen LogP contribution in [0.15, 0.2) is 57.9 Å². The van der Waals surface area contributed by atoms with Gasteiger partial charge in [-0.2, -0.15) is 5.10 Å². The number of amides is 1. The molecule has 4 rings (SSSR count). The number of nitrogens with one attached hydrogen (secondary N) is 1. The van der Waals surface area contributed by atoms with Crippen LogP contribution in [0.4, 0.5) is 5.69 Å². The summed E-state index contributed by atoms with van der Waals surface area (Å²) in [5, 5.41) is 19.1. The number of carbonyl (C=O) groups excluding carboxylic acids is 1. The Balaban J connectivity index is 1.79. The fourth-order valence-electron chi connectivity index (χ4n) is 2.89. The van der Waals surface area contributed by atoms with Crippen molar-refractivity contribution >= 4 is 29.1 Å². The van der Waals surface area contributed by atoms with Crippen LogP contribution in [-0.4, -0.2) is 34.6 Å². The minimum absolute atomic E-state index is 0.0242. The molecular formula is C21H20N4O3S. The van der Waals surface area contributed by atoms with Gasteiger partial charge in [-0.15, -0.1) is 11.3 Å². The number of aromatic nitrogens is 1. The molecule has 7 nitrogen and oxygen atoms in total. The molecular weight excluding hydrogens is 388 g/mol. The fraction of sp³-hybridized carbons (Fsp3) is 0.190. The third-order valence-electron chi connectivity index (χ3n) is 4.15. The fourth-order valence-corrected chi connectivity index (χ4v) is 3.86. The standard InChI is InChI=1S/C21H20N4O3S/c1-13(2)23-21-25(22-10-14-4-3-5-16(26)8-14)18(12-29-21)15-6-7-19-17(9-15)24-20(27)11-28-19/h3-10,12-13,26H,11H2,1-2H3,(H,24,27). The molecule has 8 heteroatoms. The van der Waals surface area contributed by atoms with Crippen molar-refractivity contribution in [2.75, 3.05) is 11.9 Å². The SMILES string of the molecule is CC(C)N=c1scc(-c2ccc3c(c2)NC(=O)CO3)n1N=Cc1cccc(O)c1. The number of fused-ring (bicyclic) bond motifs is 1. The molecule has 0 spiro atoms. The van der Waals surface area contributed by atoms with E-state index < -0.39 is 0 Å². The van der Waals surface area contributed by atoms with Crippen molar-refractivity contribution in [2.24, 2.45) is 10.1 Å². The molecule has 1 aromatic heterocycles. The van der Waals surface area contributed by atoms with Gasteiger partial charge in [0.25, 0.3) is 5.91 Å². The summed E-state index contributed by atoms with van der Waals surface area (Å²) in [7, 11) is 0. The molecule has 3 aromatic rings. The Bertz CT molecular complexity index is 1160. The number of ether oxygens (including phenoxy) is 1. The van der Waals surface area contributed by atoms with Gasteiger partial charge in [-0.1, -0.05) is 12.1 Å². The van der Waals surface area contributed by atoms with E-state index in [9.17, 15) is 9.90 Å². The lowest BCUT2D eigenvalue weighted by Crippen LogP contribution is -2.25. The maximum absolute atomic E-state index is 11.7. The summed E-state index contributed by atoms with van der Waals surface area (Å²) in [6, 6.07) is 12.6. The third kappa shape index (κ3) is 4.22. The highest BCUT2D eigenvalue weighted by Crippen LogP contribution is 2.32. The number of phenols is 1.